The first-order valence-corrected chi connectivity index (χ1v) is 10.2. The highest BCUT2D eigenvalue weighted by Crippen LogP contribution is 2.31. The van der Waals surface area contributed by atoms with Crippen LogP contribution in [0.3, 0.4) is 0 Å². The minimum absolute atomic E-state index is 0.107. The van der Waals surface area contributed by atoms with E-state index in [9.17, 15) is 18.0 Å². The number of likely N-dealkylation sites (N-methyl/N-ethyl adjacent to an activating group) is 1. The molecule has 0 saturated carbocycles. The smallest absolute Gasteiger partial charge is 0.406 e. The van der Waals surface area contributed by atoms with Crippen molar-refractivity contribution >= 4 is 6.03 Å². The summed E-state index contributed by atoms with van der Waals surface area (Å²) in [6, 6.07) is 14.3. The number of nitrogens with one attached hydrogen (secondary N) is 2. The van der Waals surface area contributed by atoms with Crippen molar-refractivity contribution in [3.63, 3.8) is 0 Å². The van der Waals surface area contributed by atoms with Crippen molar-refractivity contribution in [2.45, 2.75) is 31.4 Å². The third-order valence-corrected chi connectivity index (χ3v) is 5.25. The number of nitrogens with zero attached hydrogens (tertiary/aromatic N) is 3. The number of aromatic nitrogens is 2. The second-order valence-corrected chi connectivity index (χ2v) is 7.73. The van der Waals surface area contributed by atoms with Crippen LogP contribution in [-0.2, 0) is 6.54 Å². The van der Waals surface area contributed by atoms with Gasteiger partial charge in [0, 0.05) is 24.7 Å². The molecule has 1 aromatic heterocycles. The summed E-state index contributed by atoms with van der Waals surface area (Å²) in [4.78, 5) is 18.6. The summed E-state index contributed by atoms with van der Waals surface area (Å²) in [5, 5.41) is 9.74. The van der Waals surface area contributed by atoms with Gasteiger partial charge in [-0.3, -0.25) is 4.90 Å². The van der Waals surface area contributed by atoms with E-state index in [0.29, 0.717) is 31.0 Å². The van der Waals surface area contributed by atoms with Gasteiger partial charge in [-0.05, 0) is 43.3 Å². The highest BCUT2D eigenvalue weighted by Gasteiger charge is 2.35. The molecular formula is C22H22F3N5O3. The molecule has 0 radical (unpaired) electrons. The van der Waals surface area contributed by atoms with Crippen LogP contribution in [0.1, 0.15) is 23.9 Å². The van der Waals surface area contributed by atoms with Gasteiger partial charge in [0.2, 0.25) is 11.7 Å². The van der Waals surface area contributed by atoms with Crippen molar-refractivity contribution in [3.05, 3.63) is 66.1 Å². The van der Waals surface area contributed by atoms with E-state index in [0.717, 1.165) is 5.56 Å². The topological polar surface area (TPSA) is 92.5 Å². The molecule has 33 heavy (non-hydrogen) atoms. The molecule has 1 aliphatic heterocycles. The average Bonchev–Trinajstić information content (AvgIpc) is 3.39. The Morgan fingerprint density at radius 1 is 1.18 bits per heavy atom. The summed E-state index contributed by atoms with van der Waals surface area (Å²) in [6.07, 6.45) is -4.17. The number of urea groups is 1. The van der Waals surface area contributed by atoms with Crippen LogP contribution >= 0.6 is 0 Å². The molecule has 1 saturated heterocycles. The van der Waals surface area contributed by atoms with E-state index in [-0.39, 0.29) is 29.7 Å². The number of likely N-dealkylation sites (tertiary alicyclic amines) is 1. The maximum Gasteiger partial charge on any atom is 0.573 e. The Morgan fingerprint density at radius 2 is 1.91 bits per heavy atom. The van der Waals surface area contributed by atoms with Crippen molar-refractivity contribution in [3.8, 4) is 17.1 Å². The number of amides is 2. The summed E-state index contributed by atoms with van der Waals surface area (Å²) >= 11 is 0. The summed E-state index contributed by atoms with van der Waals surface area (Å²) in [5.41, 5.74) is 1.50. The van der Waals surface area contributed by atoms with Gasteiger partial charge in [-0.15, -0.1) is 13.2 Å². The standard InChI is InChI=1S/C22H22F3N5O3/c1-30-13-16(27-21(31)26-12-14-5-3-2-4-6-14)11-18(30)20-28-19(29-33-20)15-7-9-17(10-8-15)32-22(23,24)25/h2-10,16,18H,11-13H2,1H3,(H2,26,27,31)/t16-,18-/m0/s1. The summed E-state index contributed by atoms with van der Waals surface area (Å²) in [6.45, 7) is 1.03. The zero-order chi connectivity index (χ0) is 23.4. The number of carbonyl (C=O) groups is 1. The molecule has 0 bridgehead atoms. The molecule has 1 aliphatic rings. The van der Waals surface area contributed by atoms with Crippen molar-refractivity contribution in [2.75, 3.05) is 13.6 Å². The highest BCUT2D eigenvalue weighted by atomic mass is 19.4. The fourth-order valence-corrected chi connectivity index (χ4v) is 3.70. The van der Waals surface area contributed by atoms with Crippen LogP contribution in [0.2, 0.25) is 0 Å². The Kier molecular flexibility index (Phi) is 6.50. The predicted octanol–water partition coefficient (Wildman–Crippen LogP) is 3.88. The molecule has 0 aliphatic carbocycles. The molecule has 2 heterocycles. The second kappa shape index (κ2) is 9.49. The number of ether oxygens (including phenoxy) is 1. The number of hydrogen-bond acceptors (Lipinski definition) is 6. The zero-order valence-electron chi connectivity index (χ0n) is 17.7. The first-order valence-electron chi connectivity index (χ1n) is 10.2. The second-order valence-electron chi connectivity index (χ2n) is 7.73. The van der Waals surface area contributed by atoms with Crippen LogP contribution in [0.25, 0.3) is 11.4 Å². The third-order valence-electron chi connectivity index (χ3n) is 5.25. The fourth-order valence-electron chi connectivity index (χ4n) is 3.70. The van der Waals surface area contributed by atoms with Gasteiger partial charge in [-0.25, -0.2) is 4.79 Å². The first-order chi connectivity index (χ1) is 15.8. The van der Waals surface area contributed by atoms with Crippen LogP contribution in [0.15, 0.2) is 59.1 Å². The van der Waals surface area contributed by atoms with E-state index in [4.69, 9.17) is 4.52 Å². The molecule has 2 amide bonds. The molecule has 2 atom stereocenters. The maximum absolute atomic E-state index is 12.3. The minimum atomic E-state index is -4.75. The van der Waals surface area contributed by atoms with E-state index in [1.807, 2.05) is 42.3 Å². The van der Waals surface area contributed by atoms with E-state index in [2.05, 4.69) is 25.5 Å². The Morgan fingerprint density at radius 3 is 2.61 bits per heavy atom. The number of carbonyl (C=O) groups excluding carboxylic acids is 1. The SMILES string of the molecule is CN1C[C@@H](NC(=O)NCc2ccccc2)C[C@H]1c1nc(-c2ccc(OC(F)(F)F)cc2)no1. The van der Waals surface area contributed by atoms with Gasteiger partial charge in [-0.1, -0.05) is 35.5 Å². The highest BCUT2D eigenvalue weighted by molar-refractivity contribution is 5.74. The summed E-state index contributed by atoms with van der Waals surface area (Å²) < 4.78 is 46.2. The van der Waals surface area contributed by atoms with Gasteiger partial charge >= 0.3 is 12.4 Å². The van der Waals surface area contributed by atoms with Crippen LogP contribution < -0.4 is 15.4 Å². The molecule has 3 aromatic rings. The van der Waals surface area contributed by atoms with Crippen molar-refractivity contribution in [1.82, 2.24) is 25.7 Å². The van der Waals surface area contributed by atoms with E-state index in [1.165, 1.54) is 24.3 Å². The molecule has 2 N–H and O–H groups in total. The first kappa shape index (κ1) is 22.6. The fraction of sp³-hybridized carbons (Fsp3) is 0.318. The van der Waals surface area contributed by atoms with Gasteiger partial charge < -0.3 is 19.9 Å². The van der Waals surface area contributed by atoms with E-state index in [1.54, 1.807) is 0 Å². The Labute approximate surface area is 187 Å². The van der Waals surface area contributed by atoms with Crippen LogP contribution in [0.5, 0.6) is 5.75 Å². The normalized spacial score (nSPS) is 18.8. The molecule has 11 heteroatoms. The Balaban J connectivity index is 1.33. The van der Waals surface area contributed by atoms with Crippen LogP contribution in [0.4, 0.5) is 18.0 Å². The quantitative estimate of drug-likeness (QED) is 0.579. The van der Waals surface area contributed by atoms with Gasteiger partial charge in [0.15, 0.2) is 0 Å². The predicted molar refractivity (Wildman–Crippen MR) is 112 cm³/mol. The largest absolute Gasteiger partial charge is 0.573 e. The monoisotopic (exact) mass is 461 g/mol. The number of rotatable bonds is 6. The Hall–Kier alpha value is -3.60. The molecule has 8 nitrogen and oxygen atoms in total. The van der Waals surface area contributed by atoms with Crippen LogP contribution in [-0.4, -0.2) is 47.1 Å². The van der Waals surface area contributed by atoms with Crippen molar-refractivity contribution in [1.29, 1.82) is 0 Å². The molecular weight excluding hydrogens is 439 g/mol. The third kappa shape index (κ3) is 6.01. The van der Waals surface area contributed by atoms with Crippen LogP contribution in [0, 0.1) is 0 Å². The number of alkyl halides is 3. The Bertz CT molecular complexity index is 1070. The van der Waals surface area contributed by atoms with Gasteiger partial charge in [-0.2, -0.15) is 4.98 Å². The minimum Gasteiger partial charge on any atom is -0.406 e. The zero-order valence-corrected chi connectivity index (χ0v) is 17.7. The van der Waals surface area contributed by atoms with Gasteiger partial charge in [0.05, 0.1) is 6.04 Å². The number of benzene rings is 2. The molecule has 1 fully saturated rings. The summed E-state index contributed by atoms with van der Waals surface area (Å²) in [5.74, 6) is 0.302. The molecule has 174 valence electrons. The lowest BCUT2D eigenvalue weighted by molar-refractivity contribution is -0.274. The van der Waals surface area contributed by atoms with Gasteiger partial charge in [0.25, 0.3) is 0 Å². The molecule has 0 unspecified atom stereocenters. The lowest BCUT2D eigenvalue weighted by Gasteiger charge is -2.14. The lowest BCUT2D eigenvalue weighted by atomic mass is 10.1. The van der Waals surface area contributed by atoms with Gasteiger partial charge in [0.1, 0.15) is 5.75 Å². The van der Waals surface area contributed by atoms with E-state index < -0.39 is 6.36 Å². The van der Waals surface area contributed by atoms with Crippen molar-refractivity contribution in [2.24, 2.45) is 0 Å². The lowest BCUT2D eigenvalue weighted by Crippen LogP contribution is -2.42. The molecule has 4 rings (SSSR count). The average molecular weight is 461 g/mol. The number of halogens is 3. The molecule has 0 spiro atoms. The maximum atomic E-state index is 12.3. The summed E-state index contributed by atoms with van der Waals surface area (Å²) in [7, 11) is 1.89. The van der Waals surface area contributed by atoms with E-state index >= 15 is 0 Å². The molecule has 2 aromatic carbocycles. The number of hydrogen-bond donors (Lipinski definition) is 2. The van der Waals surface area contributed by atoms with Crippen molar-refractivity contribution < 1.29 is 27.2 Å².